The summed E-state index contributed by atoms with van der Waals surface area (Å²) in [5.74, 6) is -0.487. The Labute approximate surface area is 351 Å². The average molecular weight is 847 g/mol. The molecule has 0 bridgehead atoms. The van der Waals surface area contributed by atoms with Crippen molar-refractivity contribution < 1.29 is 58.3 Å². The second kappa shape index (κ2) is 36.2. The van der Waals surface area contributed by atoms with Gasteiger partial charge in [0.25, 0.3) is 0 Å². The molecular weight excluding hydrogens is 763 g/mol. The number of aliphatic hydroxyl groups excluding tert-OH is 5. The van der Waals surface area contributed by atoms with Crippen LogP contribution in [0.3, 0.4) is 0 Å². The lowest BCUT2D eigenvalue weighted by Crippen LogP contribution is -2.64. The van der Waals surface area contributed by atoms with E-state index in [1.807, 2.05) is 0 Å². The fourth-order valence-electron chi connectivity index (χ4n) is 6.83. The molecule has 6 unspecified atom stereocenters. The van der Waals surface area contributed by atoms with Gasteiger partial charge in [0.15, 0.2) is 0 Å². The first kappa shape index (κ1) is 54.6. The van der Waals surface area contributed by atoms with Gasteiger partial charge in [0.1, 0.15) is 42.7 Å². The number of allylic oxidation sites excluding steroid dienone is 6. The van der Waals surface area contributed by atoms with Crippen LogP contribution in [-0.2, 0) is 27.9 Å². The van der Waals surface area contributed by atoms with Gasteiger partial charge >= 0.3 is 13.8 Å². The normalized spacial score (nSPS) is 23.0. The zero-order valence-electron chi connectivity index (χ0n) is 36.1. The number of ether oxygens (including phenoxy) is 2. The number of phosphoric acid groups is 1. The second-order valence-corrected chi connectivity index (χ2v) is 17.3. The highest BCUT2D eigenvalue weighted by molar-refractivity contribution is 7.47. The molecular formula is C45H83O12P. The summed E-state index contributed by atoms with van der Waals surface area (Å²) in [6.45, 7) is 4.17. The lowest BCUT2D eigenvalue weighted by atomic mass is 9.85. The number of aliphatic hydroxyl groups is 5. The van der Waals surface area contributed by atoms with Gasteiger partial charge in [0.05, 0.1) is 13.2 Å². The van der Waals surface area contributed by atoms with Crippen LogP contribution in [0.15, 0.2) is 36.5 Å². The van der Waals surface area contributed by atoms with Crippen LogP contribution < -0.4 is 0 Å². The molecule has 0 saturated heterocycles. The predicted molar refractivity (Wildman–Crippen MR) is 230 cm³/mol. The van der Waals surface area contributed by atoms with E-state index in [0.29, 0.717) is 13.0 Å². The van der Waals surface area contributed by atoms with Gasteiger partial charge in [0.2, 0.25) is 0 Å². The van der Waals surface area contributed by atoms with E-state index in [4.69, 9.17) is 18.5 Å². The predicted octanol–water partition coefficient (Wildman–Crippen LogP) is 9.09. The van der Waals surface area contributed by atoms with Crippen molar-refractivity contribution in [1.29, 1.82) is 0 Å². The third-order valence-corrected chi connectivity index (χ3v) is 11.5. The average Bonchev–Trinajstić information content (AvgIpc) is 3.20. The molecule has 0 aromatic heterocycles. The molecule has 6 atom stereocenters. The fourth-order valence-corrected chi connectivity index (χ4v) is 7.81. The number of unbranched alkanes of at least 4 members (excludes halogenated alkanes) is 20. The summed E-state index contributed by atoms with van der Waals surface area (Å²) in [6, 6.07) is 0. The molecule has 0 spiro atoms. The molecule has 1 rings (SSSR count). The Kier molecular flexibility index (Phi) is 34.1. The largest absolute Gasteiger partial charge is 0.472 e. The topological polar surface area (TPSA) is 192 Å². The summed E-state index contributed by atoms with van der Waals surface area (Å²) >= 11 is 0. The summed E-state index contributed by atoms with van der Waals surface area (Å²) in [7, 11) is -5.01. The molecule has 0 amide bonds. The summed E-state index contributed by atoms with van der Waals surface area (Å²) < 4.78 is 34.0. The second-order valence-electron chi connectivity index (χ2n) is 15.9. The first-order chi connectivity index (χ1) is 28.0. The van der Waals surface area contributed by atoms with Gasteiger partial charge < -0.3 is 39.9 Å². The van der Waals surface area contributed by atoms with Crippen molar-refractivity contribution >= 4 is 13.8 Å². The van der Waals surface area contributed by atoms with Crippen molar-refractivity contribution in [3.63, 3.8) is 0 Å². The molecule has 0 heterocycles. The summed E-state index contributed by atoms with van der Waals surface area (Å²) in [5.41, 5.74) is 0. The van der Waals surface area contributed by atoms with Crippen molar-refractivity contribution in [1.82, 2.24) is 0 Å². The SMILES string of the molecule is CCCCCCC/C=C\C/C=C\C/C=C\CCCCCCCCCCCOCC(COP(=O)(O)OC1C(O)C(O)C(O)C(O)C1O)OC(=O)CCCCCCCCC. The molecule has 0 aromatic carbocycles. The molecule has 0 radical (unpaired) electrons. The number of carbonyl (C=O) groups is 1. The zero-order valence-corrected chi connectivity index (χ0v) is 37.0. The number of phosphoric ester groups is 1. The number of hydrogen-bond donors (Lipinski definition) is 6. The van der Waals surface area contributed by atoms with Crippen LogP contribution in [0.2, 0.25) is 0 Å². The van der Waals surface area contributed by atoms with Gasteiger partial charge in [-0.15, -0.1) is 0 Å². The first-order valence-electron chi connectivity index (χ1n) is 22.8. The number of hydrogen-bond acceptors (Lipinski definition) is 11. The van der Waals surface area contributed by atoms with E-state index >= 15 is 0 Å². The highest BCUT2D eigenvalue weighted by Crippen LogP contribution is 2.47. The molecule has 12 nitrogen and oxygen atoms in total. The minimum atomic E-state index is -5.01. The Morgan fingerprint density at radius 3 is 1.47 bits per heavy atom. The Morgan fingerprint density at radius 2 is 0.966 bits per heavy atom. The molecule has 0 aromatic rings. The van der Waals surface area contributed by atoms with E-state index in [1.165, 1.54) is 83.5 Å². The van der Waals surface area contributed by atoms with E-state index in [-0.39, 0.29) is 13.0 Å². The van der Waals surface area contributed by atoms with Crippen LogP contribution >= 0.6 is 7.82 Å². The van der Waals surface area contributed by atoms with E-state index < -0.39 is 63.1 Å². The van der Waals surface area contributed by atoms with E-state index in [2.05, 4.69) is 50.3 Å². The standard InChI is InChI=1S/C45H83O12P/c1-3-5-7-9-11-12-13-14-15-16-17-18-19-20-21-22-23-24-25-26-27-29-31-33-35-54-36-38(56-39(46)34-32-30-28-10-8-6-4-2)37-55-58(52,53)57-45-43(50)41(48)40(47)42(49)44(45)51/h13-14,16-17,19-20,38,40-45,47-51H,3-12,15,18,21-37H2,1-2H3,(H,52,53)/b14-13-,17-16-,20-19-. The molecule has 13 heteroatoms. The lowest BCUT2D eigenvalue weighted by Gasteiger charge is -2.41. The third-order valence-electron chi connectivity index (χ3n) is 10.5. The zero-order chi connectivity index (χ0) is 42.7. The Morgan fingerprint density at radius 1 is 0.552 bits per heavy atom. The van der Waals surface area contributed by atoms with Crippen molar-refractivity contribution in [3.8, 4) is 0 Å². The molecule has 0 aliphatic heterocycles. The van der Waals surface area contributed by atoms with Crippen LogP contribution in [-0.4, -0.2) is 98.9 Å². The van der Waals surface area contributed by atoms with Crippen LogP contribution in [0.5, 0.6) is 0 Å². The maximum atomic E-state index is 12.7. The van der Waals surface area contributed by atoms with E-state index in [9.17, 15) is 39.8 Å². The summed E-state index contributed by atoms with van der Waals surface area (Å²) in [5, 5.41) is 50.0. The number of esters is 1. The number of carbonyl (C=O) groups excluding carboxylic acids is 1. The van der Waals surface area contributed by atoms with Gasteiger partial charge in [0, 0.05) is 13.0 Å². The summed E-state index contributed by atoms with van der Waals surface area (Å²) in [6.07, 6.45) is 29.7. The van der Waals surface area contributed by atoms with Crippen molar-refractivity contribution in [2.24, 2.45) is 0 Å². The van der Waals surface area contributed by atoms with Gasteiger partial charge in [-0.2, -0.15) is 0 Å². The maximum Gasteiger partial charge on any atom is 0.472 e. The van der Waals surface area contributed by atoms with E-state index in [0.717, 1.165) is 70.6 Å². The maximum absolute atomic E-state index is 12.7. The van der Waals surface area contributed by atoms with Gasteiger partial charge in [-0.25, -0.2) is 4.57 Å². The Bertz CT molecular complexity index is 1100. The Balaban J connectivity index is 2.27. The first-order valence-corrected chi connectivity index (χ1v) is 24.3. The lowest BCUT2D eigenvalue weighted by molar-refractivity contribution is -0.220. The molecule has 1 aliphatic carbocycles. The quantitative estimate of drug-likeness (QED) is 0.0150. The molecule has 1 aliphatic rings. The molecule has 1 saturated carbocycles. The monoisotopic (exact) mass is 847 g/mol. The third kappa shape index (κ3) is 28.2. The molecule has 1 fully saturated rings. The number of rotatable bonds is 38. The van der Waals surface area contributed by atoms with Crippen LogP contribution in [0.25, 0.3) is 0 Å². The van der Waals surface area contributed by atoms with Gasteiger partial charge in [-0.05, 0) is 51.4 Å². The van der Waals surface area contributed by atoms with Crippen LogP contribution in [0.1, 0.15) is 181 Å². The summed E-state index contributed by atoms with van der Waals surface area (Å²) in [4.78, 5) is 22.9. The molecule has 6 N–H and O–H groups in total. The Hall–Kier alpha value is -1.44. The van der Waals surface area contributed by atoms with Crippen LogP contribution in [0, 0.1) is 0 Å². The smallest absolute Gasteiger partial charge is 0.457 e. The molecule has 58 heavy (non-hydrogen) atoms. The highest BCUT2D eigenvalue weighted by Gasteiger charge is 2.51. The van der Waals surface area contributed by atoms with Crippen molar-refractivity contribution in [2.75, 3.05) is 19.8 Å². The molecule has 340 valence electrons. The van der Waals surface area contributed by atoms with Gasteiger partial charge in [-0.1, -0.05) is 159 Å². The highest BCUT2D eigenvalue weighted by atomic mass is 31.2. The van der Waals surface area contributed by atoms with E-state index in [1.54, 1.807) is 0 Å². The minimum absolute atomic E-state index is 0.0795. The van der Waals surface area contributed by atoms with Crippen molar-refractivity contribution in [2.45, 2.75) is 224 Å². The fraction of sp³-hybridized carbons (Fsp3) is 0.844. The van der Waals surface area contributed by atoms with Crippen LogP contribution in [0.4, 0.5) is 0 Å². The minimum Gasteiger partial charge on any atom is -0.457 e. The van der Waals surface area contributed by atoms with Gasteiger partial charge in [-0.3, -0.25) is 13.8 Å². The van der Waals surface area contributed by atoms with Crippen molar-refractivity contribution in [3.05, 3.63) is 36.5 Å².